The number of fused-ring (bicyclic) bond motifs is 1. The number of nitrogens with zero attached hydrogens (tertiary/aromatic N) is 3. The summed E-state index contributed by atoms with van der Waals surface area (Å²) in [5.74, 6) is 0.0504. The van der Waals surface area contributed by atoms with Crippen molar-refractivity contribution >= 4 is 32.5 Å². The molecule has 0 fully saturated rings. The molecule has 6 nitrogen and oxygen atoms in total. The van der Waals surface area contributed by atoms with Gasteiger partial charge in [-0.15, -0.1) is 0 Å². The molecule has 0 saturated heterocycles. The summed E-state index contributed by atoms with van der Waals surface area (Å²) in [5, 5.41) is 1.44. The Balaban J connectivity index is 1.98. The van der Waals surface area contributed by atoms with E-state index in [-0.39, 0.29) is 12.3 Å². The fourth-order valence-corrected chi connectivity index (χ4v) is 3.43. The number of halogens is 1. The number of pyridine rings is 2. The van der Waals surface area contributed by atoms with Crippen LogP contribution in [0.25, 0.3) is 22.2 Å². The second kappa shape index (κ2) is 6.51. The Morgan fingerprint density at radius 2 is 2.08 bits per heavy atom. The predicted molar refractivity (Wildman–Crippen MR) is 95.3 cm³/mol. The lowest BCUT2D eigenvalue weighted by molar-refractivity contribution is 0.582. The second-order valence-corrected chi connectivity index (χ2v) is 7.89. The minimum Gasteiger partial charge on any atom is -0.341 e. The van der Waals surface area contributed by atoms with Crippen LogP contribution in [0.5, 0.6) is 0 Å². The van der Waals surface area contributed by atoms with Crippen molar-refractivity contribution < 1.29 is 8.42 Å². The van der Waals surface area contributed by atoms with Crippen LogP contribution in [-0.2, 0) is 23.6 Å². The van der Waals surface area contributed by atoms with Crippen molar-refractivity contribution in [2.75, 3.05) is 5.75 Å². The van der Waals surface area contributed by atoms with Crippen LogP contribution in [0.2, 0.25) is 5.15 Å². The molecule has 126 valence electrons. The van der Waals surface area contributed by atoms with Crippen LogP contribution in [0.1, 0.15) is 12.5 Å². The molecule has 0 unspecified atom stereocenters. The molecular formula is C16H17ClN4O2S. The molecule has 0 aromatic carbocycles. The average Bonchev–Trinajstić information content (AvgIpc) is 2.92. The van der Waals surface area contributed by atoms with Crippen molar-refractivity contribution in [3.8, 4) is 11.3 Å². The lowest BCUT2D eigenvalue weighted by atomic mass is 10.1. The van der Waals surface area contributed by atoms with Gasteiger partial charge in [-0.2, -0.15) is 0 Å². The zero-order valence-electron chi connectivity index (χ0n) is 13.3. The Morgan fingerprint density at radius 1 is 1.29 bits per heavy atom. The van der Waals surface area contributed by atoms with Gasteiger partial charge >= 0.3 is 0 Å². The minimum absolute atomic E-state index is 0.0504. The Bertz CT molecular complexity index is 998. The van der Waals surface area contributed by atoms with Crippen LogP contribution in [0.3, 0.4) is 0 Å². The molecule has 0 atom stereocenters. The first-order chi connectivity index (χ1) is 11.4. The Kier molecular flexibility index (Phi) is 4.58. The average molecular weight is 365 g/mol. The molecule has 8 heteroatoms. The lowest BCUT2D eigenvalue weighted by Gasteiger charge is -2.08. The van der Waals surface area contributed by atoms with E-state index in [0.717, 1.165) is 27.7 Å². The third-order valence-corrected chi connectivity index (χ3v) is 5.49. The van der Waals surface area contributed by atoms with E-state index in [9.17, 15) is 8.42 Å². The van der Waals surface area contributed by atoms with Crippen LogP contribution in [0, 0.1) is 0 Å². The van der Waals surface area contributed by atoms with Gasteiger partial charge in [-0.1, -0.05) is 11.6 Å². The highest BCUT2D eigenvalue weighted by atomic mass is 35.5. The Morgan fingerprint density at radius 3 is 2.79 bits per heavy atom. The first-order valence-corrected chi connectivity index (χ1v) is 9.46. The van der Waals surface area contributed by atoms with Crippen molar-refractivity contribution in [3.05, 3.63) is 47.5 Å². The van der Waals surface area contributed by atoms with Crippen LogP contribution in [0.4, 0.5) is 0 Å². The molecule has 0 aliphatic carbocycles. The van der Waals surface area contributed by atoms with Gasteiger partial charge in [-0.3, -0.25) is 4.98 Å². The summed E-state index contributed by atoms with van der Waals surface area (Å²) >= 11 is 6.19. The molecule has 0 radical (unpaired) electrons. The van der Waals surface area contributed by atoms with E-state index >= 15 is 0 Å². The smallest absolute Gasteiger partial charge is 0.211 e. The van der Waals surface area contributed by atoms with Crippen LogP contribution < -0.4 is 4.72 Å². The van der Waals surface area contributed by atoms with Gasteiger partial charge < -0.3 is 4.57 Å². The maximum absolute atomic E-state index is 11.6. The van der Waals surface area contributed by atoms with Crippen LogP contribution in [0.15, 0.2) is 36.8 Å². The van der Waals surface area contributed by atoms with E-state index in [1.807, 2.05) is 29.8 Å². The first kappa shape index (κ1) is 16.9. The monoisotopic (exact) mass is 364 g/mol. The number of hydrogen-bond acceptors (Lipinski definition) is 4. The Labute approximate surface area is 145 Å². The van der Waals surface area contributed by atoms with E-state index in [2.05, 4.69) is 14.7 Å². The molecule has 0 bridgehead atoms. The Hall–Kier alpha value is -1.96. The highest BCUT2D eigenvalue weighted by Crippen LogP contribution is 2.30. The van der Waals surface area contributed by atoms with E-state index < -0.39 is 10.0 Å². The van der Waals surface area contributed by atoms with Gasteiger partial charge in [0.05, 0.1) is 17.0 Å². The van der Waals surface area contributed by atoms with Crippen molar-refractivity contribution in [1.82, 2.24) is 19.3 Å². The molecule has 0 aliphatic rings. The zero-order chi connectivity index (χ0) is 17.3. The molecule has 24 heavy (non-hydrogen) atoms. The van der Waals surface area contributed by atoms with Gasteiger partial charge in [-0.05, 0) is 30.7 Å². The molecule has 0 aliphatic heterocycles. The third-order valence-electron chi connectivity index (χ3n) is 3.87. The normalized spacial score (nSPS) is 12.0. The number of rotatable bonds is 5. The zero-order valence-corrected chi connectivity index (χ0v) is 14.9. The molecule has 3 heterocycles. The van der Waals surface area contributed by atoms with Crippen molar-refractivity contribution in [2.45, 2.75) is 13.5 Å². The van der Waals surface area contributed by atoms with E-state index in [1.54, 1.807) is 25.5 Å². The molecule has 3 rings (SSSR count). The largest absolute Gasteiger partial charge is 0.341 e. The SMILES string of the molecule is CCS(=O)(=O)NCc1cncc(-c2cc3ccnc(Cl)c3n2C)c1. The van der Waals surface area contributed by atoms with E-state index in [4.69, 9.17) is 11.6 Å². The molecule has 1 N–H and O–H groups in total. The fourth-order valence-electron chi connectivity index (χ4n) is 2.55. The summed E-state index contributed by atoms with van der Waals surface area (Å²) < 4.78 is 27.7. The number of hydrogen-bond donors (Lipinski definition) is 1. The number of aryl methyl sites for hydroxylation is 1. The summed E-state index contributed by atoms with van der Waals surface area (Å²) in [6.45, 7) is 1.81. The quantitative estimate of drug-likeness (QED) is 0.706. The molecule has 0 spiro atoms. The maximum atomic E-state index is 11.6. The third kappa shape index (κ3) is 3.28. The second-order valence-electron chi connectivity index (χ2n) is 5.43. The summed E-state index contributed by atoms with van der Waals surface area (Å²) in [5.41, 5.74) is 3.47. The van der Waals surface area contributed by atoms with Crippen molar-refractivity contribution in [2.24, 2.45) is 7.05 Å². The van der Waals surface area contributed by atoms with Gasteiger partial charge in [0.2, 0.25) is 10.0 Å². The van der Waals surface area contributed by atoms with Crippen molar-refractivity contribution in [3.63, 3.8) is 0 Å². The highest BCUT2D eigenvalue weighted by molar-refractivity contribution is 7.89. The van der Waals surface area contributed by atoms with Gasteiger partial charge in [0.1, 0.15) is 0 Å². The van der Waals surface area contributed by atoms with Gasteiger partial charge in [-0.25, -0.2) is 18.1 Å². The number of aromatic nitrogens is 3. The van der Waals surface area contributed by atoms with Crippen molar-refractivity contribution in [1.29, 1.82) is 0 Å². The van der Waals surface area contributed by atoms with Crippen LogP contribution >= 0.6 is 11.6 Å². The van der Waals surface area contributed by atoms with Crippen LogP contribution in [-0.4, -0.2) is 28.7 Å². The summed E-state index contributed by atoms with van der Waals surface area (Å²) in [4.78, 5) is 8.34. The first-order valence-electron chi connectivity index (χ1n) is 7.43. The van der Waals surface area contributed by atoms with E-state index in [1.165, 1.54) is 0 Å². The summed E-state index contributed by atoms with van der Waals surface area (Å²) in [6.07, 6.45) is 5.06. The predicted octanol–water partition coefficient (Wildman–Crippen LogP) is 2.73. The van der Waals surface area contributed by atoms with E-state index in [0.29, 0.717) is 5.15 Å². The fraction of sp³-hybridized carbons (Fsp3) is 0.250. The standard InChI is InChI=1S/C16H17ClN4O2S/c1-3-24(22,23)20-9-11-6-13(10-18-8-11)14-7-12-4-5-19-16(17)15(12)21(14)2/h4-8,10,20H,3,9H2,1-2H3. The van der Waals surface area contributed by atoms with Gasteiger partial charge in [0.15, 0.2) is 5.15 Å². The number of nitrogens with one attached hydrogen (secondary N) is 1. The topological polar surface area (TPSA) is 76.9 Å². The number of sulfonamides is 1. The minimum atomic E-state index is -3.24. The molecule has 3 aromatic heterocycles. The molecular weight excluding hydrogens is 348 g/mol. The van der Waals surface area contributed by atoms with Gasteiger partial charge in [0, 0.05) is 43.1 Å². The maximum Gasteiger partial charge on any atom is 0.211 e. The molecule has 3 aromatic rings. The molecule has 0 amide bonds. The lowest BCUT2D eigenvalue weighted by Crippen LogP contribution is -2.24. The summed E-state index contributed by atoms with van der Waals surface area (Å²) in [7, 11) is -1.32. The summed E-state index contributed by atoms with van der Waals surface area (Å²) in [6, 6.07) is 5.83. The highest BCUT2D eigenvalue weighted by Gasteiger charge is 2.12. The molecule has 0 saturated carbocycles. The van der Waals surface area contributed by atoms with Gasteiger partial charge in [0.25, 0.3) is 0 Å².